The Morgan fingerprint density at radius 1 is 0.286 bits per heavy atom. The fourth-order valence-corrected chi connectivity index (χ4v) is 11.6. The van der Waals surface area contributed by atoms with E-state index in [-0.39, 0.29) is 0 Å². The summed E-state index contributed by atoms with van der Waals surface area (Å²) in [7, 11) is 0. The van der Waals surface area contributed by atoms with E-state index < -0.39 is 5.41 Å². The fourth-order valence-electron chi connectivity index (χ4n) is 11.6. The summed E-state index contributed by atoms with van der Waals surface area (Å²) >= 11 is 0. The minimum absolute atomic E-state index is 0.595. The summed E-state index contributed by atoms with van der Waals surface area (Å²) in [5.41, 5.74) is 22.0. The number of hydrogen-bond donors (Lipinski definition) is 0. The van der Waals surface area contributed by atoms with Crippen molar-refractivity contribution in [1.82, 2.24) is 9.13 Å². The van der Waals surface area contributed by atoms with Crippen molar-refractivity contribution < 1.29 is 0 Å². The van der Waals surface area contributed by atoms with Crippen LogP contribution in [0.3, 0.4) is 0 Å². The summed E-state index contributed by atoms with van der Waals surface area (Å²) in [6.45, 7) is 0. The molecule has 1 unspecified atom stereocenters. The molecule has 2 nitrogen and oxygen atoms in total. The summed E-state index contributed by atoms with van der Waals surface area (Å²) in [6.07, 6.45) is 0. The lowest BCUT2D eigenvalue weighted by Gasteiger charge is -2.31. The average molecular weight is 799 g/mol. The van der Waals surface area contributed by atoms with Crippen molar-refractivity contribution in [1.29, 1.82) is 0 Å². The molecule has 2 aliphatic rings. The highest BCUT2D eigenvalue weighted by molar-refractivity contribution is 6.19. The van der Waals surface area contributed by atoms with Crippen LogP contribution in [-0.2, 0) is 5.41 Å². The Morgan fingerprint density at radius 3 is 1.57 bits per heavy atom. The molecule has 2 aliphatic carbocycles. The minimum Gasteiger partial charge on any atom is -0.309 e. The van der Waals surface area contributed by atoms with E-state index >= 15 is 0 Å². The molecule has 2 heteroatoms. The standard InChI is InChI=1S/C61H38N2/c1-4-16-39(17-5-1)41-28-31-44(32-29-41)63-56-37-30-42(40-18-6-2-7-19-40)38-51(56)49-34-33-47-45-22-10-13-25-52(45)61(58(47)60(49)63)53-26-14-11-24-50(53)57-54(61)36-35-48-46-23-12-15-27-55(46)62(59(48)57)43-20-8-3-9-21-43/h1-38H. The van der Waals surface area contributed by atoms with Gasteiger partial charge in [0.25, 0.3) is 0 Å². The van der Waals surface area contributed by atoms with Crippen molar-refractivity contribution in [2.75, 3.05) is 0 Å². The van der Waals surface area contributed by atoms with E-state index in [1.807, 2.05) is 0 Å². The quantitative estimate of drug-likeness (QED) is 0.168. The zero-order valence-electron chi connectivity index (χ0n) is 34.3. The first kappa shape index (κ1) is 34.5. The molecule has 0 aliphatic heterocycles. The second kappa shape index (κ2) is 12.9. The first-order valence-corrected chi connectivity index (χ1v) is 21.9. The van der Waals surface area contributed by atoms with E-state index in [2.05, 4.69) is 240 Å². The molecule has 292 valence electrons. The molecule has 0 saturated heterocycles. The molecular formula is C61H38N2. The molecular weight excluding hydrogens is 761 g/mol. The zero-order chi connectivity index (χ0) is 41.2. The Hall–Kier alpha value is -8.20. The normalized spacial score (nSPS) is 14.7. The summed E-state index contributed by atoms with van der Waals surface area (Å²) in [6, 6.07) is 85.8. The van der Waals surface area contributed by atoms with Crippen LogP contribution in [0.25, 0.3) is 99.5 Å². The summed E-state index contributed by atoms with van der Waals surface area (Å²) in [5.74, 6) is 0. The molecule has 10 aromatic carbocycles. The molecule has 2 heterocycles. The van der Waals surface area contributed by atoms with Crippen molar-refractivity contribution in [2.45, 2.75) is 5.41 Å². The predicted molar refractivity (Wildman–Crippen MR) is 262 cm³/mol. The lowest BCUT2D eigenvalue weighted by Crippen LogP contribution is -2.26. The van der Waals surface area contributed by atoms with Gasteiger partial charge >= 0.3 is 0 Å². The van der Waals surface area contributed by atoms with E-state index in [0.29, 0.717) is 0 Å². The number of hydrogen-bond acceptors (Lipinski definition) is 0. The van der Waals surface area contributed by atoms with E-state index in [0.717, 1.165) is 5.69 Å². The molecule has 1 atom stereocenters. The Morgan fingerprint density at radius 2 is 0.810 bits per heavy atom. The maximum absolute atomic E-state index is 2.57. The first-order chi connectivity index (χ1) is 31.3. The highest BCUT2D eigenvalue weighted by atomic mass is 15.0. The fraction of sp³-hybridized carbons (Fsp3) is 0.0164. The van der Waals surface area contributed by atoms with Crippen molar-refractivity contribution in [2.24, 2.45) is 0 Å². The van der Waals surface area contributed by atoms with Gasteiger partial charge < -0.3 is 9.13 Å². The largest absolute Gasteiger partial charge is 0.309 e. The van der Waals surface area contributed by atoms with E-state index in [1.54, 1.807) is 0 Å². The van der Waals surface area contributed by atoms with E-state index in [9.17, 15) is 0 Å². The first-order valence-electron chi connectivity index (χ1n) is 21.9. The van der Waals surface area contributed by atoms with Gasteiger partial charge in [-0.15, -0.1) is 0 Å². The summed E-state index contributed by atoms with van der Waals surface area (Å²) in [5, 5.41) is 5.04. The summed E-state index contributed by atoms with van der Waals surface area (Å²) in [4.78, 5) is 0. The van der Waals surface area contributed by atoms with Crippen LogP contribution in [0.1, 0.15) is 22.3 Å². The molecule has 2 aromatic heterocycles. The van der Waals surface area contributed by atoms with Gasteiger partial charge in [-0.3, -0.25) is 0 Å². The van der Waals surface area contributed by atoms with Crippen molar-refractivity contribution in [3.05, 3.63) is 253 Å². The van der Waals surface area contributed by atoms with Gasteiger partial charge in [-0.05, 0) is 98.1 Å². The SMILES string of the molecule is c1ccc(-c2ccc(-n3c4ccc(-c5ccccc5)cc4c4ccc5c(c43)C3(c4ccccc4-5)c4ccccc4-c4c3ccc3c5ccccc5n(-c5ccccc5)c43)cc2)cc1. The Bertz CT molecular complexity index is 3820. The third-order valence-corrected chi connectivity index (χ3v) is 14.1. The van der Waals surface area contributed by atoms with Gasteiger partial charge in [0.05, 0.1) is 27.5 Å². The Balaban J connectivity index is 1.15. The highest BCUT2D eigenvalue weighted by Crippen LogP contribution is 2.66. The molecule has 0 fully saturated rings. The molecule has 0 radical (unpaired) electrons. The van der Waals surface area contributed by atoms with Crippen LogP contribution >= 0.6 is 0 Å². The van der Waals surface area contributed by atoms with E-state index in [1.165, 1.54) is 116 Å². The number of aromatic nitrogens is 2. The monoisotopic (exact) mass is 798 g/mol. The topological polar surface area (TPSA) is 9.86 Å². The van der Waals surface area contributed by atoms with Crippen LogP contribution in [-0.4, -0.2) is 9.13 Å². The van der Waals surface area contributed by atoms with Gasteiger partial charge in [0.1, 0.15) is 0 Å². The van der Waals surface area contributed by atoms with Gasteiger partial charge in [-0.25, -0.2) is 0 Å². The average Bonchev–Trinajstić information content (AvgIpc) is 4.07. The molecule has 0 saturated carbocycles. The number of para-hydroxylation sites is 2. The predicted octanol–water partition coefficient (Wildman–Crippen LogP) is 15.6. The third-order valence-electron chi connectivity index (χ3n) is 14.1. The molecule has 1 spiro atoms. The number of nitrogens with zero attached hydrogens (tertiary/aromatic N) is 2. The lowest BCUT2D eigenvalue weighted by molar-refractivity contribution is 0.797. The highest BCUT2D eigenvalue weighted by Gasteiger charge is 2.54. The number of rotatable bonds is 4. The van der Waals surface area contributed by atoms with Crippen LogP contribution < -0.4 is 0 Å². The van der Waals surface area contributed by atoms with Gasteiger partial charge in [-0.2, -0.15) is 0 Å². The van der Waals surface area contributed by atoms with Crippen LogP contribution in [0.4, 0.5) is 0 Å². The van der Waals surface area contributed by atoms with Crippen molar-refractivity contribution in [3.63, 3.8) is 0 Å². The van der Waals surface area contributed by atoms with Crippen molar-refractivity contribution >= 4 is 43.6 Å². The molecule has 0 bridgehead atoms. The third kappa shape index (κ3) is 4.57. The van der Waals surface area contributed by atoms with Gasteiger partial charge in [0.2, 0.25) is 0 Å². The maximum Gasteiger partial charge on any atom is 0.0747 e. The second-order valence-electron chi connectivity index (χ2n) is 17.1. The number of benzene rings is 10. The van der Waals surface area contributed by atoms with Crippen LogP contribution in [0.15, 0.2) is 231 Å². The summed E-state index contributed by atoms with van der Waals surface area (Å²) < 4.78 is 5.08. The van der Waals surface area contributed by atoms with Gasteiger partial charge in [0, 0.05) is 44.0 Å². The van der Waals surface area contributed by atoms with E-state index in [4.69, 9.17) is 0 Å². The molecule has 0 N–H and O–H groups in total. The van der Waals surface area contributed by atoms with Crippen molar-refractivity contribution in [3.8, 4) is 55.9 Å². The smallest absolute Gasteiger partial charge is 0.0747 e. The van der Waals surface area contributed by atoms with Gasteiger partial charge in [-0.1, -0.05) is 188 Å². The Labute approximate surface area is 365 Å². The van der Waals surface area contributed by atoms with Gasteiger partial charge in [0.15, 0.2) is 0 Å². The van der Waals surface area contributed by atoms with Crippen LogP contribution in [0.5, 0.6) is 0 Å². The zero-order valence-corrected chi connectivity index (χ0v) is 34.3. The molecule has 12 aromatic rings. The number of fused-ring (bicyclic) bond motifs is 18. The molecule has 0 amide bonds. The lowest BCUT2D eigenvalue weighted by atomic mass is 9.70. The maximum atomic E-state index is 2.57. The Kier molecular flexibility index (Phi) is 7.07. The molecule has 14 rings (SSSR count). The van der Waals surface area contributed by atoms with Crippen LogP contribution in [0.2, 0.25) is 0 Å². The minimum atomic E-state index is -0.595. The van der Waals surface area contributed by atoms with Crippen LogP contribution in [0, 0.1) is 0 Å². The second-order valence-corrected chi connectivity index (χ2v) is 17.1. The molecule has 63 heavy (non-hydrogen) atoms.